The Labute approximate surface area is 138 Å². The van der Waals surface area contributed by atoms with Crippen LogP contribution in [0.25, 0.3) is 0 Å². The van der Waals surface area contributed by atoms with Gasteiger partial charge in [-0.15, -0.1) is 0 Å². The molecule has 0 aromatic carbocycles. The van der Waals surface area contributed by atoms with Crippen molar-refractivity contribution in [2.24, 2.45) is 5.92 Å². The molecular weight excluding hydrogens is 292 g/mol. The highest BCUT2D eigenvalue weighted by atomic mass is 16.3. The van der Waals surface area contributed by atoms with Gasteiger partial charge in [-0.1, -0.05) is 12.8 Å². The summed E-state index contributed by atoms with van der Waals surface area (Å²) in [6, 6.07) is 2.00. The normalized spacial score (nSPS) is 21.2. The van der Waals surface area contributed by atoms with Crippen LogP contribution in [0.2, 0.25) is 0 Å². The van der Waals surface area contributed by atoms with Gasteiger partial charge in [0.1, 0.15) is 0 Å². The maximum Gasteiger partial charge on any atom is 0.317 e. The smallest absolute Gasteiger partial charge is 0.317 e. The molecular formula is C17H30N4O2. The van der Waals surface area contributed by atoms with Gasteiger partial charge in [0.2, 0.25) is 0 Å². The van der Waals surface area contributed by atoms with Crippen LogP contribution in [0.3, 0.4) is 0 Å². The highest BCUT2D eigenvalue weighted by Crippen LogP contribution is 2.24. The Morgan fingerprint density at radius 2 is 2.17 bits per heavy atom. The number of nitrogens with zero attached hydrogens (tertiary/aromatic N) is 3. The van der Waals surface area contributed by atoms with Gasteiger partial charge in [0.25, 0.3) is 0 Å². The predicted octanol–water partition coefficient (Wildman–Crippen LogP) is 2.08. The lowest BCUT2D eigenvalue weighted by molar-refractivity contribution is 0.0565. The monoisotopic (exact) mass is 322 g/mol. The van der Waals surface area contributed by atoms with Gasteiger partial charge in [-0.25, -0.2) is 4.79 Å². The fraction of sp³-hybridized carbons (Fsp3) is 0.765. The zero-order valence-corrected chi connectivity index (χ0v) is 14.6. The van der Waals surface area contributed by atoms with Crippen LogP contribution in [0.5, 0.6) is 0 Å². The van der Waals surface area contributed by atoms with Gasteiger partial charge in [-0.3, -0.25) is 4.68 Å². The molecule has 2 rings (SSSR count). The van der Waals surface area contributed by atoms with Crippen molar-refractivity contribution in [3.63, 3.8) is 0 Å². The Morgan fingerprint density at radius 1 is 1.43 bits per heavy atom. The minimum atomic E-state index is -0.259. The number of amides is 2. The number of aliphatic hydroxyl groups excluding tert-OH is 1. The number of aryl methyl sites for hydroxylation is 3. The minimum absolute atomic E-state index is 0.0591. The number of carbonyl (C=O) groups is 1. The Kier molecular flexibility index (Phi) is 6.45. The van der Waals surface area contributed by atoms with Crippen molar-refractivity contribution in [3.05, 3.63) is 17.5 Å². The molecule has 6 heteroatoms. The number of rotatable bonds is 6. The number of urea groups is 1. The third kappa shape index (κ3) is 5.23. The van der Waals surface area contributed by atoms with E-state index in [0.717, 1.165) is 50.0 Å². The topological polar surface area (TPSA) is 70.4 Å². The van der Waals surface area contributed by atoms with Crippen molar-refractivity contribution < 1.29 is 9.90 Å². The molecule has 0 saturated heterocycles. The first-order valence-electron chi connectivity index (χ1n) is 8.65. The average molecular weight is 322 g/mol. The summed E-state index contributed by atoms with van der Waals surface area (Å²) >= 11 is 0. The Morgan fingerprint density at radius 3 is 2.83 bits per heavy atom. The van der Waals surface area contributed by atoms with E-state index in [4.69, 9.17) is 0 Å². The summed E-state index contributed by atoms with van der Waals surface area (Å²) in [6.07, 6.45) is 4.72. The van der Waals surface area contributed by atoms with E-state index in [1.54, 1.807) is 11.9 Å². The molecule has 0 bridgehead atoms. The van der Waals surface area contributed by atoms with Gasteiger partial charge in [-0.2, -0.15) is 5.10 Å². The first kappa shape index (κ1) is 17.8. The first-order chi connectivity index (χ1) is 11.0. The van der Waals surface area contributed by atoms with Crippen molar-refractivity contribution in [2.45, 2.75) is 58.6 Å². The highest BCUT2D eigenvalue weighted by molar-refractivity contribution is 5.73. The Bertz CT molecular complexity index is 515. The molecule has 1 aromatic rings. The summed E-state index contributed by atoms with van der Waals surface area (Å²) in [5, 5.41) is 17.4. The minimum Gasteiger partial charge on any atom is -0.393 e. The maximum absolute atomic E-state index is 12.1. The van der Waals surface area contributed by atoms with Crippen molar-refractivity contribution in [2.75, 3.05) is 20.1 Å². The molecule has 0 spiro atoms. The molecule has 1 aliphatic carbocycles. The number of nitrogens with one attached hydrogen (secondary N) is 1. The van der Waals surface area contributed by atoms with E-state index >= 15 is 0 Å². The number of aromatic nitrogens is 2. The summed E-state index contributed by atoms with van der Waals surface area (Å²) in [5.74, 6) is 0.217. The summed E-state index contributed by atoms with van der Waals surface area (Å²) in [4.78, 5) is 13.8. The fourth-order valence-corrected chi connectivity index (χ4v) is 3.30. The van der Waals surface area contributed by atoms with Gasteiger partial charge in [-0.05, 0) is 39.2 Å². The molecule has 130 valence electrons. The van der Waals surface area contributed by atoms with Gasteiger partial charge in [0.15, 0.2) is 0 Å². The molecule has 0 aliphatic heterocycles. The molecule has 2 N–H and O–H groups in total. The fourth-order valence-electron chi connectivity index (χ4n) is 3.30. The zero-order chi connectivity index (χ0) is 16.8. The zero-order valence-electron chi connectivity index (χ0n) is 14.6. The number of carbonyl (C=O) groups excluding carboxylic acids is 1. The van der Waals surface area contributed by atoms with E-state index in [1.807, 2.05) is 18.5 Å². The van der Waals surface area contributed by atoms with Crippen molar-refractivity contribution in [1.82, 2.24) is 20.0 Å². The maximum atomic E-state index is 12.1. The van der Waals surface area contributed by atoms with Gasteiger partial charge < -0.3 is 15.3 Å². The van der Waals surface area contributed by atoms with Crippen LogP contribution in [0.1, 0.15) is 43.5 Å². The predicted molar refractivity (Wildman–Crippen MR) is 90.3 cm³/mol. The van der Waals surface area contributed by atoms with Gasteiger partial charge in [0, 0.05) is 38.3 Å². The standard InChI is InChI=1S/C17H30N4O2/c1-13-11-14(2)21(19-13)10-6-9-18-17(23)20(3)12-15-7-4-5-8-16(15)22/h11,15-16,22H,4-10,12H2,1-3H3,(H,18,23). The molecule has 1 aromatic heterocycles. The molecule has 2 unspecified atom stereocenters. The van der Waals surface area contributed by atoms with E-state index < -0.39 is 0 Å². The lowest BCUT2D eigenvalue weighted by Crippen LogP contribution is -2.43. The van der Waals surface area contributed by atoms with Crippen LogP contribution < -0.4 is 5.32 Å². The quantitative estimate of drug-likeness (QED) is 0.788. The molecule has 2 amide bonds. The van der Waals surface area contributed by atoms with Crippen LogP contribution in [-0.4, -0.2) is 52.1 Å². The van der Waals surface area contributed by atoms with Crippen LogP contribution in [0.4, 0.5) is 4.79 Å². The lowest BCUT2D eigenvalue weighted by atomic mass is 9.86. The largest absolute Gasteiger partial charge is 0.393 e. The van der Waals surface area contributed by atoms with Gasteiger partial charge in [0.05, 0.1) is 11.8 Å². The third-order valence-corrected chi connectivity index (χ3v) is 4.65. The average Bonchev–Trinajstić information content (AvgIpc) is 2.83. The Hall–Kier alpha value is -1.56. The first-order valence-corrected chi connectivity index (χ1v) is 8.65. The molecule has 1 heterocycles. The number of hydrogen-bond acceptors (Lipinski definition) is 3. The van der Waals surface area contributed by atoms with Crippen LogP contribution in [-0.2, 0) is 6.54 Å². The number of hydrogen-bond donors (Lipinski definition) is 2. The van der Waals surface area contributed by atoms with Crippen LogP contribution in [0.15, 0.2) is 6.07 Å². The molecule has 1 aliphatic rings. The molecule has 1 saturated carbocycles. The second kappa shape index (κ2) is 8.34. The summed E-state index contributed by atoms with van der Waals surface area (Å²) in [6.45, 7) is 6.10. The molecule has 2 atom stereocenters. The SMILES string of the molecule is Cc1cc(C)n(CCCNC(=O)N(C)CC2CCCCC2O)n1. The lowest BCUT2D eigenvalue weighted by Gasteiger charge is -2.31. The van der Waals surface area contributed by atoms with E-state index in [0.29, 0.717) is 13.1 Å². The number of aliphatic hydroxyl groups is 1. The molecule has 1 fully saturated rings. The van der Waals surface area contributed by atoms with E-state index in [2.05, 4.69) is 16.5 Å². The molecule has 6 nitrogen and oxygen atoms in total. The van der Waals surface area contributed by atoms with Gasteiger partial charge >= 0.3 is 6.03 Å². The molecule has 23 heavy (non-hydrogen) atoms. The van der Waals surface area contributed by atoms with E-state index in [1.165, 1.54) is 0 Å². The van der Waals surface area contributed by atoms with E-state index in [-0.39, 0.29) is 18.1 Å². The second-order valence-electron chi connectivity index (χ2n) is 6.73. The summed E-state index contributed by atoms with van der Waals surface area (Å²) in [5.41, 5.74) is 2.18. The molecule has 0 radical (unpaired) electrons. The van der Waals surface area contributed by atoms with Crippen molar-refractivity contribution in [1.29, 1.82) is 0 Å². The Balaban J connectivity index is 1.66. The van der Waals surface area contributed by atoms with Crippen LogP contribution >= 0.6 is 0 Å². The van der Waals surface area contributed by atoms with Crippen molar-refractivity contribution >= 4 is 6.03 Å². The summed E-state index contributed by atoms with van der Waals surface area (Å²) in [7, 11) is 1.80. The highest BCUT2D eigenvalue weighted by Gasteiger charge is 2.25. The summed E-state index contributed by atoms with van der Waals surface area (Å²) < 4.78 is 1.98. The van der Waals surface area contributed by atoms with E-state index in [9.17, 15) is 9.90 Å². The second-order valence-corrected chi connectivity index (χ2v) is 6.73. The van der Waals surface area contributed by atoms with Crippen LogP contribution in [0, 0.1) is 19.8 Å². The van der Waals surface area contributed by atoms with Crippen molar-refractivity contribution in [3.8, 4) is 0 Å². The third-order valence-electron chi connectivity index (χ3n) is 4.65.